The van der Waals surface area contributed by atoms with Gasteiger partial charge in [-0.1, -0.05) is 71.1 Å². The molecule has 126 valence electrons. The van der Waals surface area contributed by atoms with Crippen LogP contribution in [-0.4, -0.2) is 18.2 Å². The third kappa shape index (κ3) is 6.93. The molecule has 1 unspecified atom stereocenters. The number of unbranched alkanes of at least 4 members (excludes halogenated alkanes) is 5. The molecule has 0 spiro atoms. The second-order valence-electron chi connectivity index (χ2n) is 6.76. The summed E-state index contributed by atoms with van der Waals surface area (Å²) in [7, 11) is 0. The molecule has 1 rings (SSSR count). The lowest BCUT2D eigenvalue weighted by Gasteiger charge is -2.16. The summed E-state index contributed by atoms with van der Waals surface area (Å²) in [6.45, 7) is 10.5. The van der Waals surface area contributed by atoms with Gasteiger partial charge in [0.1, 0.15) is 0 Å². The van der Waals surface area contributed by atoms with Crippen molar-refractivity contribution in [2.24, 2.45) is 0 Å². The van der Waals surface area contributed by atoms with Gasteiger partial charge in [-0.2, -0.15) is 0 Å². The highest BCUT2D eigenvalue weighted by Crippen LogP contribution is 2.22. The van der Waals surface area contributed by atoms with Crippen LogP contribution >= 0.6 is 0 Å². The van der Waals surface area contributed by atoms with Crippen LogP contribution in [0.4, 0.5) is 0 Å². The lowest BCUT2D eigenvalue weighted by atomic mass is 9.95. The van der Waals surface area contributed by atoms with Gasteiger partial charge in [0, 0.05) is 6.54 Å². The van der Waals surface area contributed by atoms with Crippen LogP contribution in [0.15, 0.2) is 18.2 Å². The zero-order valence-corrected chi connectivity index (χ0v) is 15.0. The first-order valence-corrected chi connectivity index (χ1v) is 9.05. The lowest BCUT2D eigenvalue weighted by molar-refractivity contribution is 0.174. The smallest absolute Gasteiger partial charge is 0.0914 e. The molecule has 0 heterocycles. The quantitative estimate of drug-likeness (QED) is 0.557. The van der Waals surface area contributed by atoms with Crippen molar-refractivity contribution in [2.75, 3.05) is 13.1 Å². The van der Waals surface area contributed by atoms with E-state index in [1.54, 1.807) is 0 Å². The van der Waals surface area contributed by atoms with E-state index in [0.717, 1.165) is 12.1 Å². The van der Waals surface area contributed by atoms with Crippen LogP contribution in [0.2, 0.25) is 0 Å². The molecule has 1 aromatic rings. The minimum atomic E-state index is -0.403. The molecule has 0 fully saturated rings. The van der Waals surface area contributed by atoms with Gasteiger partial charge in [0.25, 0.3) is 0 Å². The van der Waals surface area contributed by atoms with E-state index < -0.39 is 6.10 Å². The first-order valence-electron chi connectivity index (χ1n) is 9.05. The summed E-state index contributed by atoms with van der Waals surface area (Å²) < 4.78 is 0. The molecular weight excluding hydrogens is 270 g/mol. The summed E-state index contributed by atoms with van der Waals surface area (Å²) >= 11 is 0. The van der Waals surface area contributed by atoms with Gasteiger partial charge >= 0.3 is 0 Å². The van der Waals surface area contributed by atoms with E-state index in [-0.39, 0.29) is 0 Å². The second kappa shape index (κ2) is 10.8. The largest absolute Gasteiger partial charge is 0.387 e. The van der Waals surface area contributed by atoms with Crippen LogP contribution in [0.3, 0.4) is 0 Å². The van der Waals surface area contributed by atoms with Crippen molar-refractivity contribution in [3.05, 3.63) is 34.9 Å². The maximum Gasteiger partial charge on any atom is 0.0914 e. The molecule has 2 N–H and O–H groups in total. The Hall–Kier alpha value is -0.860. The summed E-state index contributed by atoms with van der Waals surface area (Å²) in [4.78, 5) is 0. The van der Waals surface area contributed by atoms with Gasteiger partial charge in [-0.15, -0.1) is 0 Å². The fraction of sp³-hybridized carbons (Fsp3) is 0.700. The number of aliphatic hydroxyl groups is 1. The third-order valence-corrected chi connectivity index (χ3v) is 4.35. The molecule has 1 aromatic carbocycles. The van der Waals surface area contributed by atoms with Crippen molar-refractivity contribution in [3.63, 3.8) is 0 Å². The van der Waals surface area contributed by atoms with Crippen molar-refractivity contribution in [1.29, 1.82) is 0 Å². The molecule has 0 amide bonds. The Morgan fingerprint density at radius 2 is 1.73 bits per heavy atom. The number of rotatable bonds is 11. The van der Waals surface area contributed by atoms with E-state index in [9.17, 15) is 5.11 Å². The van der Waals surface area contributed by atoms with Crippen molar-refractivity contribution in [2.45, 2.75) is 78.2 Å². The van der Waals surface area contributed by atoms with E-state index in [1.165, 1.54) is 49.7 Å². The van der Waals surface area contributed by atoms with Crippen molar-refractivity contribution < 1.29 is 5.11 Å². The maximum atomic E-state index is 10.3. The standard InChI is InChI=1S/C20H35NO/c1-5-6-7-8-9-10-13-21-15-20(22)18-11-12-19(16(2)3)17(4)14-18/h11-12,14,16,20-22H,5-10,13,15H2,1-4H3. The molecule has 2 heteroatoms. The maximum absolute atomic E-state index is 10.3. The van der Waals surface area contributed by atoms with Gasteiger partial charge in [-0.25, -0.2) is 0 Å². The minimum Gasteiger partial charge on any atom is -0.387 e. The van der Waals surface area contributed by atoms with Crippen LogP contribution < -0.4 is 5.32 Å². The fourth-order valence-corrected chi connectivity index (χ4v) is 2.94. The monoisotopic (exact) mass is 305 g/mol. The van der Waals surface area contributed by atoms with Gasteiger partial charge < -0.3 is 10.4 Å². The van der Waals surface area contributed by atoms with E-state index in [1.807, 2.05) is 0 Å². The van der Waals surface area contributed by atoms with Crippen LogP contribution in [0.25, 0.3) is 0 Å². The number of aryl methyl sites for hydroxylation is 1. The van der Waals surface area contributed by atoms with Crippen LogP contribution in [0, 0.1) is 6.92 Å². The van der Waals surface area contributed by atoms with Crippen molar-refractivity contribution >= 4 is 0 Å². The third-order valence-electron chi connectivity index (χ3n) is 4.35. The molecule has 0 aliphatic rings. The van der Waals surface area contributed by atoms with Gasteiger partial charge in [-0.05, 0) is 42.5 Å². The number of hydrogen-bond acceptors (Lipinski definition) is 2. The highest BCUT2D eigenvalue weighted by molar-refractivity contribution is 5.34. The summed E-state index contributed by atoms with van der Waals surface area (Å²) in [5.74, 6) is 0.539. The molecule has 0 aromatic heterocycles. The van der Waals surface area contributed by atoms with Gasteiger partial charge in [0.2, 0.25) is 0 Å². The molecule has 0 bridgehead atoms. The highest BCUT2D eigenvalue weighted by Gasteiger charge is 2.10. The zero-order chi connectivity index (χ0) is 16.4. The molecule has 0 aliphatic carbocycles. The second-order valence-corrected chi connectivity index (χ2v) is 6.76. The van der Waals surface area contributed by atoms with Crippen molar-refractivity contribution in [3.8, 4) is 0 Å². The SMILES string of the molecule is CCCCCCCCNCC(O)c1ccc(C(C)C)c(C)c1. The number of nitrogens with one attached hydrogen (secondary N) is 1. The number of benzene rings is 1. The molecule has 0 radical (unpaired) electrons. The molecule has 0 aliphatic heterocycles. The Bertz CT molecular complexity index is 414. The molecule has 0 saturated heterocycles. The van der Waals surface area contributed by atoms with E-state index in [4.69, 9.17) is 0 Å². The Morgan fingerprint density at radius 3 is 2.36 bits per heavy atom. The Balaban J connectivity index is 2.25. The highest BCUT2D eigenvalue weighted by atomic mass is 16.3. The molecule has 1 atom stereocenters. The molecular formula is C20H35NO. The Kier molecular flexibility index (Phi) is 9.42. The van der Waals surface area contributed by atoms with E-state index in [0.29, 0.717) is 12.5 Å². The number of hydrogen-bond donors (Lipinski definition) is 2. The zero-order valence-electron chi connectivity index (χ0n) is 15.0. The van der Waals surface area contributed by atoms with Gasteiger partial charge in [0.05, 0.1) is 6.10 Å². The predicted octanol–water partition coefficient (Wildman–Crippen LogP) is 5.10. The lowest BCUT2D eigenvalue weighted by Crippen LogP contribution is -2.22. The Labute approximate surface area is 137 Å². The van der Waals surface area contributed by atoms with E-state index >= 15 is 0 Å². The fourth-order valence-electron chi connectivity index (χ4n) is 2.94. The Morgan fingerprint density at radius 1 is 1.05 bits per heavy atom. The van der Waals surface area contributed by atoms with Crippen molar-refractivity contribution in [1.82, 2.24) is 5.32 Å². The first-order chi connectivity index (χ1) is 10.6. The van der Waals surface area contributed by atoms with E-state index in [2.05, 4.69) is 51.2 Å². The summed E-state index contributed by atoms with van der Waals surface area (Å²) in [5.41, 5.74) is 3.68. The molecule has 2 nitrogen and oxygen atoms in total. The summed E-state index contributed by atoms with van der Waals surface area (Å²) in [5, 5.41) is 13.7. The van der Waals surface area contributed by atoms with Crippen LogP contribution in [0.1, 0.15) is 88.0 Å². The average Bonchev–Trinajstić information content (AvgIpc) is 2.49. The number of aliphatic hydroxyl groups excluding tert-OH is 1. The predicted molar refractivity (Wildman–Crippen MR) is 96.5 cm³/mol. The van der Waals surface area contributed by atoms with Crippen LogP contribution in [-0.2, 0) is 0 Å². The topological polar surface area (TPSA) is 32.3 Å². The summed E-state index contributed by atoms with van der Waals surface area (Å²) in [6, 6.07) is 6.36. The first kappa shape index (κ1) is 19.2. The minimum absolute atomic E-state index is 0.403. The van der Waals surface area contributed by atoms with Gasteiger partial charge in [-0.3, -0.25) is 0 Å². The molecule has 22 heavy (non-hydrogen) atoms. The summed E-state index contributed by atoms with van der Waals surface area (Å²) in [6.07, 6.45) is 7.47. The van der Waals surface area contributed by atoms with Gasteiger partial charge in [0.15, 0.2) is 0 Å². The van der Waals surface area contributed by atoms with Crippen LogP contribution in [0.5, 0.6) is 0 Å². The molecule has 0 saturated carbocycles. The normalized spacial score (nSPS) is 12.8. The average molecular weight is 306 g/mol.